The van der Waals surface area contributed by atoms with Crippen molar-refractivity contribution in [2.24, 2.45) is 0 Å². The number of anilines is 1. The smallest absolute Gasteiger partial charge is 0.252 e. The lowest BCUT2D eigenvalue weighted by molar-refractivity contribution is 0.291. The van der Waals surface area contributed by atoms with E-state index in [-0.39, 0.29) is 0 Å². The number of hydrogen-bond acceptors (Lipinski definition) is 5. The van der Waals surface area contributed by atoms with Crippen molar-refractivity contribution in [1.82, 2.24) is 9.61 Å². The van der Waals surface area contributed by atoms with Gasteiger partial charge in [0.25, 0.3) is 5.88 Å². The molecule has 0 saturated carbocycles. The van der Waals surface area contributed by atoms with Gasteiger partial charge in [0, 0.05) is 6.54 Å². The minimum absolute atomic E-state index is 0.337. The molecular weight excluding hydrogens is 316 g/mol. The predicted octanol–water partition coefficient (Wildman–Crippen LogP) is 3.62. The van der Waals surface area contributed by atoms with E-state index < -0.39 is 0 Å². The first-order valence-corrected chi connectivity index (χ1v) is 8.17. The number of nitriles is 1. The molecule has 0 saturated heterocycles. The van der Waals surface area contributed by atoms with Gasteiger partial charge in [-0.2, -0.15) is 5.26 Å². The van der Waals surface area contributed by atoms with E-state index in [4.69, 9.17) is 9.47 Å². The Kier molecular flexibility index (Phi) is 5.05. The van der Waals surface area contributed by atoms with Gasteiger partial charge in [-0.25, -0.2) is 4.52 Å². The van der Waals surface area contributed by atoms with Crippen molar-refractivity contribution in [1.29, 1.82) is 5.26 Å². The van der Waals surface area contributed by atoms with Crippen molar-refractivity contribution < 1.29 is 9.47 Å². The fraction of sp³-hybridized carbons (Fsp3) is 0.263. The molecule has 2 heterocycles. The molecule has 0 bridgehead atoms. The fourth-order valence-corrected chi connectivity index (χ4v) is 2.48. The van der Waals surface area contributed by atoms with E-state index in [0.29, 0.717) is 18.1 Å². The van der Waals surface area contributed by atoms with Crippen molar-refractivity contribution >= 4 is 11.2 Å². The van der Waals surface area contributed by atoms with Crippen LogP contribution >= 0.6 is 0 Å². The fourth-order valence-electron chi connectivity index (χ4n) is 2.48. The summed E-state index contributed by atoms with van der Waals surface area (Å²) < 4.78 is 12.6. The molecule has 6 nitrogen and oxygen atoms in total. The van der Waals surface area contributed by atoms with Crippen molar-refractivity contribution in [3.63, 3.8) is 0 Å². The summed E-state index contributed by atoms with van der Waals surface area (Å²) in [6.45, 7) is 3.33. The minimum Gasteiger partial charge on any atom is -0.497 e. The molecular formula is C19H20N4O2. The predicted molar refractivity (Wildman–Crippen MR) is 96.0 cm³/mol. The van der Waals surface area contributed by atoms with Gasteiger partial charge in [0.15, 0.2) is 0 Å². The van der Waals surface area contributed by atoms with Gasteiger partial charge in [-0.3, -0.25) is 0 Å². The zero-order chi connectivity index (χ0) is 17.6. The quantitative estimate of drug-likeness (QED) is 0.713. The summed E-state index contributed by atoms with van der Waals surface area (Å²) in [5.41, 5.74) is 3.11. The Morgan fingerprint density at radius 3 is 2.68 bits per heavy atom. The van der Waals surface area contributed by atoms with Crippen LogP contribution in [0.2, 0.25) is 0 Å². The van der Waals surface area contributed by atoms with Crippen LogP contribution in [0.25, 0.3) is 5.52 Å². The Balaban J connectivity index is 1.81. The Morgan fingerprint density at radius 1 is 1.20 bits per heavy atom. The number of hydrogen-bond donors (Lipinski definition) is 1. The maximum Gasteiger partial charge on any atom is 0.252 e. The molecule has 0 aliphatic carbocycles. The summed E-state index contributed by atoms with van der Waals surface area (Å²) in [5.74, 6) is 1.13. The largest absolute Gasteiger partial charge is 0.497 e. The molecule has 3 rings (SSSR count). The molecule has 1 N–H and O–H groups in total. The van der Waals surface area contributed by atoms with Gasteiger partial charge < -0.3 is 14.8 Å². The number of nitrogens with one attached hydrogen (secondary N) is 1. The highest BCUT2D eigenvalue weighted by Gasteiger charge is 2.14. The Labute approximate surface area is 146 Å². The first kappa shape index (κ1) is 16.7. The lowest BCUT2D eigenvalue weighted by Crippen LogP contribution is -2.01. The summed E-state index contributed by atoms with van der Waals surface area (Å²) in [6, 6.07) is 13.6. The molecule has 3 aromatic rings. The van der Waals surface area contributed by atoms with E-state index in [1.54, 1.807) is 11.6 Å². The van der Waals surface area contributed by atoms with Gasteiger partial charge in [-0.15, -0.1) is 5.10 Å². The second-order valence-electron chi connectivity index (χ2n) is 5.60. The van der Waals surface area contributed by atoms with Crippen LogP contribution < -0.4 is 14.8 Å². The second kappa shape index (κ2) is 7.58. The van der Waals surface area contributed by atoms with E-state index >= 15 is 0 Å². The van der Waals surface area contributed by atoms with Gasteiger partial charge in [0.05, 0.1) is 24.5 Å². The molecule has 25 heavy (non-hydrogen) atoms. The lowest BCUT2D eigenvalue weighted by Gasteiger charge is -2.04. The highest BCUT2D eigenvalue weighted by Crippen LogP contribution is 2.24. The van der Waals surface area contributed by atoms with Crippen LogP contribution in [0.5, 0.6) is 11.6 Å². The topological polar surface area (TPSA) is 71.6 Å². The van der Waals surface area contributed by atoms with Crippen LogP contribution in [0.3, 0.4) is 0 Å². The molecule has 0 unspecified atom stereocenters. The number of aromatic nitrogens is 2. The maximum absolute atomic E-state index is 9.47. The summed E-state index contributed by atoms with van der Waals surface area (Å²) in [4.78, 5) is 0. The Hall–Kier alpha value is -3.20. The summed E-state index contributed by atoms with van der Waals surface area (Å²) in [7, 11) is 1.63. The monoisotopic (exact) mass is 336 g/mol. The Morgan fingerprint density at radius 2 is 2.00 bits per heavy atom. The van der Waals surface area contributed by atoms with Gasteiger partial charge >= 0.3 is 0 Å². The van der Waals surface area contributed by atoms with Crippen LogP contribution in [0.1, 0.15) is 24.5 Å². The molecule has 0 atom stereocenters. The summed E-state index contributed by atoms with van der Waals surface area (Å²) >= 11 is 0. The minimum atomic E-state index is 0.337. The molecule has 1 aromatic carbocycles. The summed E-state index contributed by atoms with van der Waals surface area (Å²) in [5, 5.41) is 17.2. The zero-order valence-corrected chi connectivity index (χ0v) is 14.3. The van der Waals surface area contributed by atoms with Crippen LogP contribution in [-0.4, -0.2) is 23.3 Å². The zero-order valence-electron chi connectivity index (χ0n) is 14.3. The van der Waals surface area contributed by atoms with Gasteiger partial charge in [0.2, 0.25) is 0 Å². The first-order chi connectivity index (χ1) is 12.2. The van der Waals surface area contributed by atoms with Crippen molar-refractivity contribution in [3.8, 4) is 17.7 Å². The van der Waals surface area contributed by atoms with E-state index in [0.717, 1.165) is 35.5 Å². The number of methoxy groups -OCH3 is 1. The number of rotatable bonds is 7. The number of nitrogens with zero attached hydrogens (tertiary/aromatic N) is 3. The van der Waals surface area contributed by atoms with Crippen LogP contribution in [0, 0.1) is 11.3 Å². The molecule has 2 aromatic heterocycles. The van der Waals surface area contributed by atoms with E-state index in [1.165, 1.54) is 0 Å². The first-order valence-electron chi connectivity index (χ1n) is 8.17. The third-order valence-electron chi connectivity index (χ3n) is 3.82. The van der Waals surface area contributed by atoms with Gasteiger partial charge in [0.1, 0.15) is 24.0 Å². The van der Waals surface area contributed by atoms with Crippen LogP contribution in [0.4, 0.5) is 5.69 Å². The SMILES string of the molecule is CCCNc1ccc2c(C#N)c(OCc3ccc(OC)cc3)nn2c1. The molecule has 0 fully saturated rings. The highest BCUT2D eigenvalue weighted by atomic mass is 16.5. The third-order valence-corrected chi connectivity index (χ3v) is 3.82. The number of ether oxygens (including phenoxy) is 2. The third kappa shape index (κ3) is 3.66. The molecule has 0 aliphatic heterocycles. The average Bonchev–Trinajstić information content (AvgIpc) is 3.01. The summed E-state index contributed by atoms with van der Waals surface area (Å²) in [6.07, 6.45) is 2.91. The van der Waals surface area contributed by atoms with E-state index in [9.17, 15) is 5.26 Å². The number of benzene rings is 1. The van der Waals surface area contributed by atoms with E-state index in [1.807, 2.05) is 42.6 Å². The standard InChI is InChI=1S/C19H20N4O2/c1-3-10-21-15-6-9-18-17(11-20)19(22-23(18)12-15)25-13-14-4-7-16(24-2)8-5-14/h4-9,12,21H,3,10,13H2,1-2H3. The molecule has 0 amide bonds. The molecule has 128 valence electrons. The van der Waals surface area contributed by atoms with Crippen molar-refractivity contribution in [2.75, 3.05) is 19.0 Å². The maximum atomic E-state index is 9.47. The molecule has 6 heteroatoms. The number of pyridine rings is 1. The molecule has 0 aliphatic rings. The normalized spacial score (nSPS) is 10.4. The highest BCUT2D eigenvalue weighted by molar-refractivity contribution is 5.67. The van der Waals surface area contributed by atoms with Crippen LogP contribution in [-0.2, 0) is 6.61 Å². The Bertz CT molecular complexity index is 894. The van der Waals surface area contributed by atoms with Gasteiger partial charge in [-0.05, 0) is 36.2 Å². The van der Waals surface area contributed by atoms with Crippen LogP contribution in [0.15, 0.2) is 42.6 Å². The molecule has 0 spiro atoms. The average molecular weight is 336 g/mol. The van der Waals surface area contributed by atoms with Gasteiger partial charge in [-0.1, -0.05) is 19.1 Å². The van der Waals surface area contributed by atoms with Crippen molar-refractivity contribution in [2.45, 2.75) is 20.0 Å². The lowest BCUT2D eigenvalue weighted by atomic mass is 10.2. The molecule has 0 radical (unpaired) electrons. The van der Waals surface area contributed by atoms with E-state index in [2.05, 4.69) is 23.4 Å². The second-order valence-corrected chi connectivity index (χ2v) is 5.60. The number of fused-ring (bicyclic) bond motifs is 1. The van der Waals surface area contributed by atoms with Crippen molar-refractivity contribution in [3.05, 3.63) is 53.7 Å².